The number of ketones is 2. The molecule has 17 heteroatoms. The number of allylic oxidation sites excluding steroid dienone is 1. The highest BCUT2D eigenvalue weighted by Gasteiger charge is 2.77. The molecule has 4 aromatic rings. The number of amides is 3. The van der Waals surface area contributed by atoms with E-state index in [0.717, 1.165) is 11.6 Å². The normalized spacial score (nSPS) is 22.3. The van der Waals surface area contributed by atoms with Crippen LogP contribution in [0.3, 0.4) is 0 Å². The lowest BCUT2D eigenvalue weighted by Crippen LogP contribution is -2.67. The molecule has 3 amide bonds. The van der Waals surface area contributed by atoms with Crippen molar-refractivity contribution in [3.63, 3.8) is 0 Å². The average Bonchev–Trinajstić information content (AvgIpc) is 3.74. The number of Topliss-reactive ketones (excluding diaryl/α,β-unsaturated/α-hetero) is 1. The van der Waals surface area contributed by atoms with Crippen molar-refractivity contribution in [3.05, 3.63) is 110 Å². The Morgan fingerprint density at radius 3 is 2.27 bits per heavy atom. The number of fused-ring (bicyclic) bond motifs is 1. The van der Waals surface area contributed by atoms with Gasteiger partial charge in [0.1, 0.15) is 34.8 Å². The SMILES string of the molecule is C=CC(=O)CCC(NC(=O)OC(C)(C)C)C(=O)N1C[C@H](Oc2cc(-c3ccccc3)nc3cc(OC)ccc23)C[C@@]1(NC)C(=O)[C@]1(C=C)C[C@]1(N)C(=O)NS(=O)(=O)c1ccccc1. The monoisotopic (exact) mass is 880 g/mol. The van der Waals surface area contributed by atoms with Crippen LogP contribution in [-0.2, 0) is 33.9 Å². The third-order valence-corrected chi connectivity index (χ3v) is 12.7. The summed E-state index contributed by atoms with van der Waals surface area (Å²) < 4.78 is 46.3. The van der Waals surface area contributed by atoms with E-state index >= 15 is 9.59 Å². The topological polar surface area (TPSA) is 225 Å². The molecule has 1 aromatic heterocycles. The number of pyridine rings is 1. The van der Waals surface area contributed by atoms with E-state index in [9.17, 15) is 22.8 Å². The Balaban J connectivity index is 1.43. The van der Waals surface area contributed by atoms with E-state index in [1.807, 2.05) is 35.1 Å². The molecule has 2 aliphatic rings. The Morgan fingerprint density at radius 2 is 1.67 bits per heavy atom. The zero-order valence-corrected chi connectivity index (χ0v) is 36.6. The molecule has 0 radical (unpaired) electrons. The van der Waals surface area contributed by atoms with Crippen molar-refractivity contribution >= 4 is 50.4 Å². The predicted molar refractivity (Wildman–Crippen MR) is 235 cm³/mol. The van der Waals surface area contributed by atoms with Gasteiger partial charge in [0.2, 0.25) is 5.91 Å². The maximum atomic E-state index is 15.5. The Morgan fingerprint density at radius 1 is 1.00 bits per heavy atom. The third kappa shape index (κ3) is 9.21. The van der Waals surface area contributed by atoms with Crippen molar-refractivity contribution in [1.29, 1.82) is 0 Å². The summed E-state index contributed by atoms with van der Waals surface area (Å²) in [7, 11) is -1.44. The van der Waals surface area contributed by atoms with Crippen LogP contribution in [0.5, 0.6) is 11.5 Å². The summed E-state index contributed by atoms with van der Waals surface area (Å²) >= 11 is 0. The summed E-state index contributed by atoms with van der Waals surface area (Å²) in [4.78, 5) is 76.0. The molecular weight excluding hydrogens is 829 g/mol. The van der Waals surface area contributed by atoms with E-state index in [4.69, 9.17) is 24.9 Å². The Hall–Kier alpha value is -6.43. The molecule has 16 nitrogen and oxygen atoms in total. The molecule has 0 bridgehead atoms. The second kappa shape index (κ2) is 17.7. The molecule has 1 aliphatic carbocycles. The van der Waals surface area contributed by atoms with Crippen molar-refractivity contribution in [2.75, 3.05) is 20.7 Å². The fourth-order valence-corrected chi connectivity index (χ4v) is 9.02. The number of carbonyl (C=O) groups is 5. The summed E-state index contributed by atoms with van der Waals surface area (Å²) in [5.41, 5.74) is 1.58. The van der Waals surface area contributed by atoms with Gasteiger partial charge in [-0.05, 0) is 71.0 Å². The number of likely N-dealkylation sites (tertiary alicyclic amines) is 1. The van der Waals surface area contributed by atoms with Crippen LogP contribution >= 0.6 is 0 Å². The molecule has 3 aromatic carbocycles. The fraction of sp³-hybridized carbons (Fsp3) is 0.348. The van der Waals surface area contributed by atoms with Crippen LogP contribution in [0.4, 0.5) is 4.79 Å². The number of nitrogens with zero attached hydrogens (tertiary/aromatic N) is 2. The first-order valence-electron chi connectivity index (χ1n) is 20.2. The molecular formula is C46H52N6O10S. The van der Waals surface area contributed by atoms with E-state index in [0.29, 0.717) is 28.1 Å². The van der Waals surface area contributed by atoms with Gasteiger partial charge < -0.3 is 30.2 Å². The highest BCUT2D eigenvalue weighted by Crippen LogP contribution is 2.59. The van der Waals surface area contributed by atoms with Gasteiger partial charge in [-0.15, -0.1) is 6.58 Å². The number of hydrogen-bond donors (Lipinski definition) is 4. The number of hydrogen-bond acceptors (Lipinski definition) is 13. The van der Waals surface area contributed by atoms with E-state index in [-0.39, 0.29) is 37.1 Å². The first-order chi connectivity index (χ1) is 29.8. The summed E-state index contributed by atoms with van der Waals surface area (Å²) in [5.74, 6) is -2.22. The number of ether oxygens (including phenoxy) is 3. The van der Waals surface area contributed by atoms with Gasteiger partial charge in [-0.2, -0.15) is 0 Å². The van der Waals surface area contributed by atoms with Gasteiger partial charge in [-0.25, -0.2) is 22.9 Å². The molecule has 1 aliphatic heterocycles. The molecule has 5 N–H and O–H groups in total. The lowest BCUT2D eigenvalue weighted by Gasteiger charge is -2.40. The molecule has 0 spiro atoms. The van der Waals surface area contributed by atoms with Crippen LogP contribution < -0.4 is 30.6 Å². The Labute approximate surface area is 366 Å². The van der Waals surface area contributed by atoms with Crippen LogP contribution in [0, 0.1) is 5.41 Å². The summed E-state index contributed by atoms with van der Waals surface area (Å²) in [6.45, 7) is 12.1. The number of likely N-dealkylation sites (N-methyl/N-ethyl adjacent to an activating group) is 1. The highest BCUT2D eigenvalue weighted by atomic mass is 32.2. The number of methoxy groups -OCH3 is 1. The second-order valence-electron chi connectivity index (χ2n) is 16.6. The molecule has 2 fully saturated rings. The number of nitrogens with one attached hydrogen (secondary N) is 3. The number of carbonyl (C=O) groups excluding carboxylic acids is 5. The van der Waals surface area contributed by atoms with Crippen LogP contribution in [0.2, 0.25) is 0 Å². The van der Waals surface area contributed by atoms with E-state index < -0.39 is 73.9 Å². The van der Waals surface area contributed by atoms with E-state index in [1.165, 1.54) is 49.4 Å². The van der Waals surface area contributed by atoms with Crippen molar-refractivity contribution in [3.8, 4) is 22.8 Å². The van der Waals surface area contributed by atoms with Gasteiger partial charge in [0.15, 0.2) is 17.2 Å². The van der Waals surface area contributed by atoms with E-state index in [2.05, 4.69) is 23.8 Å². The summed E-state index contributed by atoms with van der Waals surface area (Å²) in [6, 6.07) is 22.2. The number of nitrogens with two attached hydrogens (primary N) is 1. The van der Waals surface area contributed by atoms with Crippen molar-refractivity contribution < 1.29 is 46.6 Å². The first-order valence-corrected chi connectivity index (χ1v) is 21.7. The molecule has 1 unspecified atom stereocenters. The minimum atomic E-state index is -4.42. The van der Waals surface area contributed by atoms with Crippen molar-refractivity contribution in [2.45, 2.75) is 80.3 Å². The van der Waals surface area contributed by atoms with Gasteiger partial charge in [0.25, 0.3) is 15.9 Å². The second-order valence-corrected chi connectivity index (χ2v) is 18.2. The molecule has 5 atom stereocenters. The largest absolute Gasteiger partial charge is 0.497 e. The molecule has 63 heavy (non-hydrogen) atoms. The van der Waals surface area contributed by atoms with Gasteiger partial charge in [0, 0.05) is 35.9 Å². The highest BCUT2D eigenvalue weighted by molar-refractivity contribution is 7.90. The van der Waals surface area contributed by atoms with Gasteiger partial charge in [-0.3, -0.25) is 24.5 Å². The van der Waals surface area contributed by atoms with Crippen molar-refractivity contribution in [1.82, 2.24) is 25.2 Å². The molecule has 1 saturated carbocycles. The first kappa shape index (κ1) is 46.1. The molecule has 1 saturated heterocycles. The number of benzene rings is 3. The number of aromatic nitrogens is 1. The van der Waals surface area contributed by atoms with Gasteiger partial charge in [-0.1, -0.05) is 61.2 Å². The zero-order valence-electron chi connectivity index (χ0n) is 35.8. The average molecular weight is 881 g/mol. The predicted octanol–water partition coefficient (Wildman–Crippen LogP) is 4.58. The molecule has 332 valence electrons. The minimum Gasteiger partial charge on any atom is -0.497 e. The third-order valence-electron chi connectivity index (χ3n) is 11.3. The zero-order chi connectivity index (χ0) is 46.0. The molecule has 2 heterocycles. The van der Waals surface area contributed by atoms with Crippen LogP contribution in [0.1, 0.15) is 46.5 Å². The maximum absolute atomic E-state index is 15.5. The minimum absolute atomic E-state index is 0.197. The fourth-order valence-electron chi connectivity index (χ4n) is 7.96. The standard InChI is InChI=1S/C46H52N6O10S/c1-8-30(53)20-23-35(50-42(57)62-43(3,4)5)39(54)52-27-32(61-38-25-36(29-16-12-10-13-17-29)49-37-24-31(60-7)21-22-34(37)38)26-46(52,48-6)40(55)44(9-2)28-45(44,47)41(56)51-63(58,59)33-18-14-11-15-19-33/h8-19,21-22,24-25,32,35,48H,1-2,20,23,26-28,47H2,3-7H3,(H,50,57)(H,51,56)/t32-,35?,44+,45+,46+/m1/s1. The summed E-state index contributed by atoms with van der Waals surface area (Å²) in [5, 5.41) is 6.21. The lowest BCUT2D eigenvalue weighted by atomic mass is 9.83. The smallest absolute Gasteiger partial charge is 0.408 e. The Bertz CT molecular complexity index is 2570. The molecule has 6 rings (SSSR count). The number of rotatable bonds is 17. The van der Waals surface area contributed by atoms with Crippen LogP contribution in [-0.4, -0.2) is 97.4 Å². The van der Waals surface area contributed by atoms with Crippen LogP contribution in [0.15, 0.2) is 115 Å². The van der Waals surface area contributed by atoms with Crippen molar-refractivity contribution in [2.24, 2.45) is 11.1 Å². The summed E-state index contributed by atoms with van der Waals surface area (Å²) in [6.07, 6.45) is -0.599. The quantitative estimate of drug-likeness (QED) is 0.0843. The van der Waals surface area contributed by atoms with Gasteiger partial charge >= 0.3 is 6.09 Å². The number of alkyl carbamates (subject to hydrolysis) is 1. The lowest BCUT2D eigenvalue weighted by molar-refractivity contribution is -0.150. The van der Waals surface area contributed by atoms with E-state index in [1.54, 1.807) is 51.1 Å². The number of sulfonamides is 1. The Kier molecular flexibility index (Phi) is 13.0. The van der Waals surface area contributed by atoms with Gasteiger partial charge in [0.05, 0.1) is 35.2 Å². The van der Waals surface area contributed by atoms with Crippen LogP contribution in [0.25, 0.3) is 22.2 Å². The maximum Gasteiger partial charge on any atom is 0.408 e.